The maximum absolute atomic E-state index is 10.2. The van der Waals surface area contributed by atoms with Crippen LogP contribution >= 0.6 is 0 Å². The molecule has 6 nitrogen and oxygen atoms in total. The summed E-state index contributed by atoms with van der Waals surface area (Å²) in [7, 11) is 1.64. The van der Waals surface area contributed by atoms with E-state index in [4.69, 9.17) is 14.2 Å². The van der Waals surface area contributed by atoms with Crippen LogP contribution in [-0.2, 0) is 6.54 Å². The van der Waals surface area contributed by atoms with E-state index in [-0.39, 0.29) is 6.61 Å². The lowest BCUT2D eigenvalue weighted by molar-refractivity contribution is 0.106. The summed E-state index contributed by atoms with van der Waals surface area (Å²) in [6.45, 7) is 3.93. The van der Waals surface area contributed by atoms with Crippen LogP contribution in [0.4, 0.5) is 0 Å². The van der Waals surface area contributed by atoms with Crippen LogP contribution in [0, 0.1) is 11.3 Å². The Kier molecular flexibility index (Phi) is 10.6. The second kappa shape index (κ2) is 13.5. The zero-order valence-electron chi connectivity index (χ0n) is 17.9. The van der Waals surface area contributed by atoms with E-state index in [1.165, 1.54) is 12.8 Å². The van der Waals surface area contributed by atoms with Crippen molar-refractivity contribution in [1.82, 2.24) is 5.32 Å². The van der Waals surface area contributed by atoms with Crippen LogP contribution in [0.1, 0.15) is 43.7 Å². The Labute approximate surface area is 179 Å². The zero-order chi connectivity index (χ0) is 21.6. The third-order valence-corrected chi connectivity index (χ3v) is 4.64. The van der Waals surface area contributed by atoms with Gasteiger partial charge in [-0.2, -0.15) is 5.26 Å². The molecule has 0 saturated carbocycles. The lowest BCUT2D eigenvalue weighted by Crippen LogP contribution is -2.31. The number of aliphatic hydroxyl groups is 1. The summed E-state index contributed by atoms with van der Waals surface area (Å²) in [4.78, 5) is 0. The molecule has 0 aliphatic heterocycles. The molecule has 0 saturated heterocycles. The Morgan fingerprint density at radius 1 is 1.03 bits per heavy atom. The molecule has 1 atom stereocenters. The first-order valence-electron chi connectivity index (χ1n) is 10.5. The molecule has 0 aliphatic carbocycles. The highest BCUT2D eigenvalue weighted by Crippen LogP contribution is 2.24. The van der Waals surface area contributed by atoms with Gasteiger partial charge in [0.05, 0.1) is 19.3 Å². The fourth-order valence-corrected chi connectivity index (χ4v) is 2.90. The van der Waals surface area contributed by atoms with Crippen molar-refractivity contribution in [3.63, 3.8) is 0 Å². The SMILES string of the molecule is CCCCCCOc1ccc(OC[C@H](O)CNCc2ccc(OC)cc2)c(C#N)c1. The van der Waals surface area contributed by atoms with Gasteiger partial charge in [0.15, 0.2) is 0 Å². The fourth-order valence-electron chi connectivity index (χ4n) is 2.90. The normalized spacial score (nSPS) is 11.5. The molecule has 0 unspecified atom stereocenters. The Balaban J connectivity index is 1.73. The summed E-state index contributed by atoms with van der Waals surface area (Å²) < 4.78 is 16.5. The van der Waals surface area contributed by atoms with E-state index in [2.05, 4.69) is 18.3 Å². The number of methoxy groups -OCH3 is 1. The minimum absolute atomic E-state index is 0.0987. The maximum atomic E-state index is 10.2. The second-order valence-corrected chi connectivity index (χ2v) is 7.12. The molecule has 0 spiro atoms. The van der Waals surface area contributed by atoms with Crippen LogP contribution in [0.25, 0.3) is 0 Å². The van der Waals surface area contributed by atoms with Crippen LogP contribution in [0.15, 0.2) is 42.5 Å². The number of ether oxygens (including phenoxy) is 3. The summed E-state index contributed by atoms with van der Waals surface area (Å²) in [5, 5.41) is 22.7. The van der Waals surface area contributed by atoms with Crippen molar-refractivity contribution >= 4 is 0 Å². The summed E-state index contributed by atoms with van der Waals surface area (Å²) in [6, 6.07) is 15.1. The molecule has 0 heterocycles. The molecule has 0 aromatic heterocycles. The molecular weight excluding hydrogens is 380 g/mol. The Morgan fingerprint density at radius 3 is 2.50 bits per heavy atom. The summed E-state index contributed by atoms with van der Waals surface area (Å²) in [6.07, 6.45) is 3.85. The average molecular weight is 413 g/mol. The number of rotatable bonds is 14. The molecule has 0 bridgehead atoms. The van der Waals surface area contributed by atoms with Gasteiger partial charge in [-0.3, -0.25) is 0 Å². The molecule has 2 rings (SSSR count). The van der Waals surface area contributed by atoms with Crippen molar-refractivity contribution in [3.05, 3.63) is 53.6 Å². The maximum Gasteiger partial charge on any atom is 0.137 e. The molecule has 0 aliphatic rings. The third kappa shape index (κ3) is 8.32. The Hall–Kier alpha value is -2.75. The van der Waals surface area contributed by atoms with Gasteiger partial charge in [-0.15, -0.1) is 0 Å². The van der Waals surface area contributed by atoms with E-state index >= 15 is 0 Å². The molecule has 0 radical (unpaired) electrons. The van der Waals surface area contributed by atoms with Crippen molar-refractivity contribution in [2.75, 3.05) is 26.9 Å². The van der Waals surface area contributed by atoms with Gasteiger partial charge in [-0.1, -0.05) is 38.3 Å². The van der Waals surface area contributed by atoms with Crippen molar-refractivity contribution in [3.8, 4) is 23.3 Å². The van der Waals surface area contributed by atoms with E-state index in [0.29, 0.717) is 36.8 Å². The highest BCUT2D eigenvalue weighted by molar-refractivity contribution is 5.47. The minimum atomic E-state index is -0.690. The van der Waals surface area contributed by atoms with Crippen LogP contribution in [0.5, 0.6) is 17.2 Å². The average Bonchev–Trinajstić information content (AvgIpc) is 2.78. The first-order valence-corrected chi connectivity index (χ1v) is 10.5. The van der Waals surface area contributed by atoms with Gasteiger partial charge in [0.2, 0.25) is 0 Å². The minimum Gasteiger partial charge on any atom is -0.497 e. The summed E-state index contributed by atoms with van der Waals surface area (Å²) in [5.41, 5.74) is 1.50. The summed E-state index contributed by atoms with van der Waals surface area (Å²) >= 11 is 0. The second-order valence-electron chi connectivity index (χ2n) is 7.12. The predicted molar refractivity (Wildman–Crippen MR) is 117 cm³/mol. The number of hydrogen-bond donors (Lipinski definition) is 2. The molecular formula is C24H32N2O4. The molecule has 2 N–H and O–H groups in total. The predicted octanol–water partition coefficient (Wildman–Crippen LogP) is 4.06. The van der Waals surface area contributed by atoms with Crippen molar-refractivity contribution < 1.29 is 19.3 Å². The van der Waals surface area contributed by atoms with Gasteiger partial charge in [0.1, 0.15) is 36.0 Å². The molecule has 0 fully saturated rings. The van der Waals surface area contributed by atoms with Crippen LogP contribution < -0.4 is 19.5 Å². The van der Waals surface area contributed by atoms with Gasteiger partial charge in [-0.05, 0) is 36.2 Å². The number of hydrogen-bond acceptors (Lipinski definition) is 6. The van der Waals surface area contributed by atoms with Crippen molar-refractivity contribution in [1.29, 1.82) is 5.26 Å². The van der Waals surface area contributed by atoms with E-state index in [1.807, 2.05) is 24.3 Å². The largest absolute Gasteiger partial charge is 0.497 e. The van der Waals surface area contributed by atoms with Crippen molar-refractivity contribution in [2.24, 2.45) is 0 Å². The number of nitriles is 1. The molecule has 0 amide bonds. The molecule has 162 valence electrons. The van der Waals surface area contributed by atoms with Gasteiger partial charge >= 0.3 is 0 Å². The Morgan fingerprint density at radius 2 is 1.80 bits per heavy atom. The van der Waals surface area contributed by atoms with Gasteiger partial charge in [0, 0.05) is 19.2 Å². The molecule has 6 heteroatoms. The first-order chi connectivity index (χ1) is 14.7. The van der Waals surface area contributed by atoms with Crippen LogP contribution in [-0.4, -0.2) is 38.1 Å². The standard InChI is InChI=1S/C24H32N2O4/c1-3-4-5-6-13-29-23-11-12-24(20(14-23)15-25)30-18-21(27)17-26-16-19-7-9-22(28-2)10-8-19/h7-12,14,21,26-27H,3-6,13,16-18H2,1-2H3/t21-/m1/s1. The van der Waals surface area contributed by atoms with Crippen molar-refractivity contribution in [2.45, 2.75) is 45.3 Å². The van der Waals surface area contributed by atoms with E-state index < -0.39 is 6.10 Å². The number of benzene rings is 2. The number of nitrogens with zero attached hydrogens (tertiary/aromatic N) is 1. The zero-order valence-corrected chi connectivity index (χ0v) is 17.9. The van der Waals surface area contributed by atoms with Gasteiger partial charge in [-0.25, -0.2) is 0 Å². The molecule has 2 aromatic rings. The van der Waals surface area contributed by atoms with Crippen LogP contribution in [0.2, 0.25) is 0 Å². The molecule has 30 heavy (non-hydrogen) atoms. The third-order valence-electron chi connectivity index (χ3n) is 4.64. The first kappa shape index (κ1) is 23.5. The highest BCUT2D eigenvalue weighted by atomic mass is 16.5. The number of aliphatic hydroxyl groups excluding tert-OH is 1. The number of unbranched alkanes of at least 4 members (excludes halogenated alkanes) is 3. The lowest BCUT2D eigenvalue weighted by atomic mass is 10.2. The Bertz CT molecular complexity index is 787. The highest BCUT2D eigenvalue weighted by Gasteiger charge is 2.10. The molecule has 2 aromatic carbocycles. The van der Waals surface area contributed by atoms with E-state index in [0.717, 1.165) is 24.2 Å². The lowest BCUT2D eigenvalue weighted by Gasteiger charge is -2.15. The monoisotopic (exact) mass is 412 g/mol. The topological polar surface area (TPSA) is 83.7 Å². The van der Waals surface area contributed by atoms with Crippen LogP contribution in [0.3, 0.4) is 0 Å². The fraction of sp³-hybridized carbons (Fsp3) is 0.458. The van der Waals surface area contributed by atoms with Gasteiger partial charge in [0.25, 0.3) is 0 Å². The summed E-state index contributed by atoms with van der Waals surface area (Å²) in [5.74, 6) is 1.93. The van der Waals surface area contributed by atoms with Gasteiger partial charge < -0.3 is 24.6 Å². The van der Waals surface area contributed by atoms with E-state index in [1.54, 1.807) is 25.3 Å². The number of nitrogens with one attached hydrogen (secondary N) is 1. The van der Waals surface area contributed by atoms with E-state index in [9.17, 15) is 10.4 Å². The quantitative estimate of drug-likeness (QED) is 0.455. The smallest absolute Gasteiger partial charge is 0.137 e.